The van der Waals surface area contributed by atoms with E-state index in [4.69, 9.17) is 9.47 Å². The van der Waals surface area contributed by atoms with Crippen molar-refractivity contribution in [3.05, 3.63) is 0 Å². The van der Waals surface area contributed by atoms with Crippen molar-refractivity contribution in [1.29, 1.82) is 0 Å². The standard InChI is InChI=1S/C10H17NO3/c12-10(3-4-11-5-6-11)14-8-9-2-1-7-13-9/h9H,1-8H2. The Morgan fingerprint density at radius 2 is 2.36 bits per heavy atom. The van der Waals surface area contributed by atoms with E-state index in [1.54, 1.807) is 0 Å². The maximum atomic E-state index is 11.2. The summed E-state index contributed by atoms with van der Waals surface area (Å²) in [6.07, 6.45) is 2.79. The first-order chi connectivity index (χ1) is 6.84. The fourth-order valence-corrected chi connectivity index (χ4v) is 1.58. The van der Waals surface area contributed by atoms with E-state index in [0.717, 1.165) is 39.1 Å². The maximum absolute atomic E-state index is 11.2. The molecule has 14 heavy (non-hydrogen) atoms. The topological polar surface area (TPSA) is 38.5 Å². The van der Waals surface area contributed by atoms with Crippen molar-refractivity contribution in [2.24, 2.45) is 0 Å². The second-order valence-corrected chi connectivity index (χ2v) is 3.91. The van der Waals surface area contributed by atoms with E-state index >= 15 is 0 Å². The Morgan fingerprint density at radius 3 is 3.00 bits per heavy atom. The zero-order valence-corrected chi connectivity index (χ0v) is 8.41. The highest BCUT2D eigenvalue weighted by Gasteiger charge is 2.20. The predicted octanol–water partition coefficient (Wildman–Crippen LogP) is 0.414. The predicted molar refractivity (Wildman–Crippen MR) is 51.0 cm³/mol. The number of hydrogen-bond acceptors (Lipinski definition) is 4. The Morgan fingerprint density at radius 1 is 1.50 bits per heavy atom. The number of carbonyl (C=O) groups is 1. The minimum Gasteiger partial charge on any atom is -0.463 e. The molecule has 4 nitrogen and oxygen atoms in total. The largest absolute Gasteiger partial charge is 0.463 e. The highest BCUT2D eigenvalue weighted by Crippen LogP contribution is 2.12. The van der Waals surface area contributed by atoms with E-state index in [0.29, 0.717) is 13.0 Å². The molecule has 2 aliphatic heterocycles. The Bertz CT molecular complexity index is 198. The van der Waals surface area contributed by atoms with Crippen LogP contribution in [-0.2, 0) is 14.3 Å². The molecule has 80 valence electrons. The summed E-state index contributed by atoms with van der Waals surface area (Å²) in [6, 6.07) is 0. The monoisotopic (exact) mass is 199 g/mol. The molecule has 0 saturated carbocycles. The molecule has 0 aromatic rings. The molecule has 0 aromatic heterocycles. The van der Waals surface area contributed by atoms with Crippen LogP contribution in [0.1, 0.15) is 19.3 Å². The van der Waals surface area contributed by atoms with Gasteiger partial charge in [-0.1, -0.05) is 0 Å². The van der Waals surface area contributed by atoms with Gasteiger partial charge in [-0.05, 0) is 12.8 Å². The second kappa shape index (κ2) is 4.75. The van der Waals surface area contributed by atoms with Gasteiger partial charge in [0, 0.05) is 26.2 Å². The van der Waals surface area contributed by atoms with E-state index in [1.165, 1.54) is 0 Å². The van der Waals surface area contributed by atoms with Crippen molar-refractivity contribution in [3.63, 3.8) is 0 Å². The number of nitrogens with zero attached hydrogens (tertiary/aromatic N) is 1. The third-order valence-corrected chi connectivity index (χ3v) is 2.63. The highest BCUT2D eigenvalue weighted by molar-refractivity contribution is 5.69. The van der Waals surface area contributed by atoms with Crippen LogP contribution in [0.3, 0.4) is 0 Å². The molecular formula is C10H17NO3. The molecule has 0 spiro atoms. The minimum atomic E-state index is -0.0904. The van der Waals surface area contributed by atoms with Gasteiger partial charge in [-0.15, -0.1) is 0 Å². The molecule has 0 aliphatic carbocycles. The first-order valence-corrected chi connectivity index (χ1v) is 5.34. The van der Waals surface area contributed by atoms with Gasteiger partial charge in [0.15, 0.2) is 0 Å². The van der Waals surface area contributed by atoms with E-state index < -0.39 is 0 Å². The molecule has 2 fully saturated rings. The van der Waals surface area contributed by atoms with E-state index in [-0.39, 0.29) is 12.1 Å². The van der Waals surface area contributed by atoms with Crippen molar-refractivity contribution < 1.29 is 14.3 Å². The Labute approximate surface area is 84.2 Å². The fraction of sp³-hybridized carbons (Fsp3) is 0.900. The zero-order valence-electron chi connectivity index (χ0n) is 8.41. The van der Waals surface area contributed by atoms with Crippen LogP contribution in [0.5, 0.6) is 0 Å². The molecule has 0 amide bonds. The molecule has 2 rings (SSSR count). The summed E-state index contributed by atoms with van der Waals surface area (Å²) in [5, 5.41) is 0. The van der Waals surface area contributed by atoms with Gasteiger partial charge in [0.05, 0.1) is 12.5 Å². The summed E-state index contributed by atoms with van der Waals surface area (Å²) < 4.78 is 10.5. The van der Waals surface area contributed by atoms with Crippen molar-refractivity contribution in [1.82, 2.24) is 4.90 Å². The lowest BCUT2D eigenvalue weighted by Gasteiger charge is -2.09. The lowest BCUT2D eigenvalue weighted by Crippen LogP contribution is -2.19. The number of rotatable bonds is 5. The number of esters is 1. The smallest absolute Gasteiger partial charge is 0.307 e. The third kappa shape index (κ3) is 3.27. The molecule has 0 radical (unpaired) electrons. The van der Waals surface area contributed by atoms with Gasteiger partial charge in [0.2, 0.25) is 0 Å². The third-order valence-electron chi connectivity index (χ3n) is 2.63. The summed E-state index contributed by atoms with van der Waals surface area (Å²) in [5.74, 6) is -0.0904. The van der Waals surface area contributed by atoms with Crippen LogP contribution in [0.15, 0.2) is 0 Å². The normalized spacial score (nSPS) is 26.4. The molecule has 2 saturated heterocycles. The van der Waals surface area contributed by atoms with Crippen LogP contribution in [0, 0.1) is 0 Å². The Hall–Kier alpha value is -0.610. The van der Waals surface area contributed by atoms with E-state index in [1.807, 2.05) is 0 Å². The SMILES string of the molecule is O=C(CCN1CC1)OCC1CCCO1. The molecule has 1 unspecified atom stereocenters. The highest BCUT2D eigenvalue weighted by atomic mass is 16.6. The van der Waals surface area contributed by atoms with Gasteiger partial charge in [-0.2, -0.15) is 0 Å². The van der Waals surface area contributed by atoms with Crippen LogP contribution in [-0.4, -0.2) is 49.8 Å². The van der Waals surface area contributed by atoms with Crippen LogP contribution in [0.2, 0.25) is 0 Å². The van der Waals surface area contributed by atoms with Crippen molar-refractivity contribution in [2.75, 3.05) is 32.8 Å². The van der Waals surface area contributed by atoms with Gasteiger partial charge in [0.25, 0.3) is 0 Å². The van der Waals surface area contributed by atoms with Crippen molar-refractivity contribution in [3.8, 4) is 0 Å². The lowest BCUT2D eigenvalue weighted by atomic mass is 10.2. The average molecular weight is 199 g/mol. The first-order valence-electron chi connectivity index (χ1n) is 5.34. The Kier molecular flexibility index (Phi) is 3.37. The molecule has 4 heteroatoms. The molecule has 2 aliphatic rings. The van der Waals surface area contributed by atoms with Gasteiger partial charge in [0.1, 0.15) is 6.61 Å². The quantitative estimate of drug-likeness (QED) is 0.475. The van der Waals surface area contributed by atoms with Crippen LogP contribution < -0.4 is 0 Å². The van der Waals surface area contributed by atoms with Gasteiger partial charge >= 0.3 is 5.97 Å². The zero-order chi connectivity index (χ0) is 9.80. The molecule has 0 aromatic carbocycles. The average Bonchev–Trinajstić information content (AvgIpc) is 2.87. The van der Waals surface area contributed by atoms with Gasteiger partial charge < -0.3 is 14.4 Å². The van der Waals surface area contributed by atoms with Crippen molar-refractivity contribution >= 4 is 5.97 Å². The maximum Gasteiger partial charge on any atom is 0.307 e. The van der Waals surface area contributed by atoms with Gasteiger partial charge in [-0.25, -0.2) is 0 Å². The van der Waals surface area contributed by atoms with E-state index in [9.17, 15) is 4.79 Å². The fourth-order valence-electron chi connectivity index (χ4n) is 1.58. The van der Waals surface area contributed by atoms with Gasteiger partial charge in [-0.3, -0.25) is 4.79 Å². The number of ether oxygens (including phenoxy) is 2. The van der Waals surface area contributed by atoms with Crippen molar-refractivity contribution in [2.45, 2.75) is 25.4 Å². The summed E-state index contributed by atoms with van der Waals surface area (Å²) in [7, 11) is 0. The lowest BCUT2D eigenvalue weighted by molar-refractivity contribution is -0.146. The van der Waals surface area contributed by atoms with Crippen LogP contribution >= 0.6 is 0 Å². The van der Waals surface area contributed by atoms with Crippen LogP contribution in [0.25, 0.3) is 0 Å². The molecule has 1 atom stereocenters. The second-order valence-electron chi connectivity index (χ2n) is 3.91. The summed E-state index contributed by atoms with van der Waals surface area (Å²) in [5.41, 5.74) is 0. The summed E-state index contributed by atoms with van der Waals surface area (Å²) in [4.78, 5) is 13.4. The van der Waals surface area contributed by atoms with Crippen LogP contribution in [0.4, 0.5) is 0 Å². The molecule has 0 bridgehead atoms. The summed E-state index contributed by atoms with van der Waals surface area (Å²) >= 11 is 0. The number of hydrogen-bond donors (Lipinski definition) is 0. The Balaban J connectivity index is 1.52. The molecule has 2 heterocycles. The minimum absolute atomic E-state index is 0.0904. The summed E-state index contributed by atoms with van der Waals surface area (Å²) in [6.45, 7) is 4.39. The first kappa shape index (κ1) is 9.93. The number of carbonyl (C=O) groups excluding carboxylic acids is 1. The molecular weight excluding hydrogens is 182 g/mol. The van der Waals surface area contributed by atoms with E-state index in [2.05, 4.69) is 4.90 Å². The molecule has 0 N–H and O–H groups in total.